The van der Waals surface area contributed by atoms with Crippen LogP contribution in [0.2, 0.25) is 0 Å². The summed E-state index contributed by atoms with van der Waals surface area (Å²) in [6, 6.07) is 9.40. The van der Waals surface area contributed by atoms with E-state index in [-0.39, 0.29) is 17.6 Å². The van der Waals surface area contributed by atoms with E-state index in [4.69, 9.17) is 4.74 Å². The summed E-state index contributed by atoms with van der Waals surface area (Å²) in [6.07, 6.45) is 9.49. The van der Waals surface area contributed by atoms with Crippen LogP contribution in [0, 0.1) is 5.92 Å². The Morgan fingerprint density at radius 2 is 1.91 bits per heavy atom. The summed E-state index contributed by atoms with van der Waals surface area (Å²) in [5.41, 5.74) is -0.263. The zero-order valence-corrected chi connectivity index (χ0v) is 12.9. The first kappa shape index (κ1) is 15.4. The van der Waals surface area contributed by atoms with Crippen LogP contribution in [0.4, 0.5) is 5.69 Å². The normalized spacial score (nSPS) is 22.6. The third kappa shape index (κ3) is 2.90. The second-order valence-corrected chi connectivity index (χ2v) is 5.70. The Morgan fingerprint density at radius 3 is 2.57 bits per heavy atom. The van der Waals surface area contributed by atoms with Gasteiger partial charge in [0.15, 0.2) is 11.5 Å². The predicted molar refractivity (Wildman–Crippen MR) is 88.8 cm³/mol. The van der Waals surface area contributed by atoms with Gasteiger partial charge in [0, 0.05) is 5.69 Å². The highest BCUT2D eigenvalue weighted by Crippen LogP contribution is 2.36. The fourth-order valence-electron chi connectivity index (χ4n) is 2.92. The number of para-hydroxylation sites is 1. The van der Waals surface area contributed by atoms with E-state index in [0.29, 0.717) is 13.0 Å². The van der Waals surface area contributed by atoms with Crippen LogP contribution in [0.3, 0.4) is 0 Å². The number of ether oxygens (including phenoxy) is 1. The molecular weight excluding hydrogens is 290 g/mol. The van der Waals surface area contributed by atoms with Crippen molar-refractivity contribution in [3.63, 3.8) is 0 Å². The molecule has 1 aromatic carbocycles. The fourth-order valence-corrected chi connectivity index (χ4v) is 2.92. The first-order valence-electron chi connectivity index (χ1n) is 7.73. The maximum absolute atomic E-state index is 13.0. The highest BCUT2D eigenvalue weighted by molar-refractivity contribution is 6.03. The molecule has 1 fully saturated rings. The van der Waals surface area contributed by atoms with Crippen molar-refractivity contribution in [3.8, 4) is 0 Å². The number of nitrogens with zero attached hydrogens (tertiary/aromatic N) is 1. The van der Waals surface area contributed by atoms with Crippen LogP contribution in [0.15, 0.2) is 67.3 Å². The molecule has 1 unspecified atom stereocenters. The Kier molecular flexibility index (Phi) is 4.26. The van der Waals surface area contributed by atoms with E-state index in [9.17, 15) is 9.59 Å². The summed E-state index contributed by atoms with van der Waals surface area (Å²) in [7, 11) is 0. The lowest BCUT2D eigenvalue weighted by Gasteiger charge is -2.46. The molecule has 0 radical (unpaired) electrons. The predicted octanol–water partition coefficient (Wildman–Crippen LogP) is 3.02. The van der Waals surface area contributed by atoms with Crippen LogP contribution in [0.1, 0.15) is 12.8 Å². The number of allylic oxidation sites excluding steroid dienone is 3. The van der Waals surface area contributed by atoms with Gasteiger partial charge in [0.1, 0.15) is 0 Å². The number of carbonyl (C=O) groups is 2. The Morgan fingerprint density at radius 1 is 1.22 bits per heavy atom. The average Bonchev–Trinajstić information content (AvgIpc) is 2.58. The summed E-state index contributed by atoms with van der Waals surface area (Å²) in [6.45, 7) is 4.05. The van der Waals surface area contributed by atoms with E-state index in [1.807, 2.05) is 36.4 Å². The van der Waals surface area contributed by atoms with Crippen molar-refractivity contribution in [2.75, 3.05) is 11.5 Å². The molecule has 23 heavy (non-hydrogen) atoms. The lowest BCUT2D eigenvalue weighted by Crippen LogP contribution is -2.59. The van der Waals surface area contributed by atoms with E-state index in [2.05, 4.69) is 6.58 Å². The quantitative estimate of drug-likeness (QED) is 0.803. The van der Waals surface area contributed by atoms with Gasteiger partial charge in [0.2, 0.25) is 5.91 Å². The molecule has 1 atom stereocenters. The molecule has 1 spiro atoms. The minimum Gasteiger partial charge on any atom is -0.347 e. The molecule has 4 nitrogen and oxygen atoms in total. The number of carbonyl (C=O) groups excluding carboxylic acids is 2. The van der Waals surface area contributed by atoms with Gasteiger partial charge < -0.3 is 4.74 Å². The van der Waals surface area contributed by atoms with Gasteiger partial charge in [-0.15, -0.1) is 6.58 Å². The largest absolute Gasteiger partial charge is 0.347 e. The molecule has 1 aliphatic heterocycles. The molecule has 1 heterocycles. The SMILES string of the molecule is C=CCCC1COC2(C=CC(=O)C=C2)N(c2ccccc2)C1=O. The van der Waals surface area contributed by atoms with Crippen molar-refractivity contribution in [3.05, 3.63) is 67.3 Å². The summed E-state index contributed by atoms with van der Waals surface area (Å²) >= 11 is 0. The van der Waals surface area contributed by atoms with Crippen molar-refractivity contribution in [2.45, 2.75) is 18.6 Å². The highest BCUT2D eigenvalue weighted by Gasteiger charge is 2.46. The molecule has 0 saturated carbocycles. The van der Waals surface area contributed by atoms with Gasteiger partial charge in [-0.25, -0.2) is 0 Å². The second kappa shape index (κ2) is 6.34. The van der Waals surface area contributed by atoms with Crippen LogP contribution in [-0.2, 0) is 14.3 Å². The molecule has 0 N–H and O–H groups in total. The molecule has 2 aliphatic rings. The minimum absolute atomic E-state index is 0.00736. The first-order valence-corrected chi connectivity index (χ1v) is 7.73. The number of hydrogen-bond donors (Lipinski definition) is 0. The third-order valence-corrected chi connectivity index (χ3v) is 4.14. The molecule has 0 aromatic heterocycles. The lowest BCUT2D eigenvalue weighted by atomic mass is 9.94. The van der Waals surface area contributed by atoms with E-state index in [1.54, 1.807) is 17.1 Å². The fraction of sp³-hybridized carbons (Fsp3) is 0.263. The number of rotatable bonds is 4. The standard InChI is InChI=1S/C19H19NO3/c1-2-3-7-15-14-23-19(12-10-17(21)11-13-19)20(18(15)22)16-8-5-4-6-9-16/h2,4-6,8-13,15H,1,3,7,14H2. The Balaban J connectivity index is 1.99. The van der Waals surface area contributed by atoms with Gasteiger partial charge >= 0.3 is 0 Å². The second-order valence-electron chi connectivity index (χ2n) is 5.70. The molecule has 1 aromatic rings. The average molecular weight is 309 g/mol. The van der Waals surface area contributed by atoms with Crippen molar-refractivity contribution >= 4 is 17.4 Å². The van der Waals surface area contributed by atoms with Crippen molar-refractivity contribution < 1.29 is 14.3 Å². The molecule has 4 heteroatoms. The molecule has 1 saturated heterocycles. The number of ketones is 1. The van der Waals surface area contributed by atoms with Crippen LogP contribution < -0.4 is 4.90 Å². The third-order valence-electron chi connectivity index (χ3n) is 4.14. The van der Waals surface area contributed by atoms with Gasteiger partial charge in [-0.05, 0) is 49.3 Å². The summed E-state index contributed by atoms with van der Waals surface area (Å²) in [5.74, 6) is -0.306. The van der Waals surface area contributed by atoms with Gasteiger partial charge in [-0.2, -0.15) is 0 Å². The Hall–Kier alpha value is -2.46. The number of benzene rings is 1. The zero-order chi connectivity index (χ0) is 16.3. The van der Waals surface area contributed by atoms with Crippen molar-refractivity contribution in [1.29, 1.82) is 0 Å². The number of amides is 1. The summed E-state index contributed by atoms with van der Waals surface area (Å²) in [4.78, 5) is 26.2. The smallest absolute Gasteiger partial charge is 0.235 e. The van der Waals surface area contributed by atoms with Gasteiger partial charge in [-0.1, -0.05) is 24.3 Å². The van der Waals surface area contributed by atoms with Crippen LogP contribution in [0.25, 0.3) is 0 Å². The lowest BCUT2D eigenvalue weighted by molar-refractivity contribution is -0.138. The zero-order valence-electron chi connectivity index (χ0n) is 12.9. The van der Waals surface area contributed by atoms with E-state index in [0.717, 1.165) is 12.1 Å². The maximum atomic E-state index is 13.0. The van der Waals surface area contributed by atoms with Crippen LogP contribution >= 0.6 is 0 Å². The molecule has 1 aliphatic carbocycles. The number of hydrogen-bond acceptors (Lipinski definition) is 3. The van der Waals surface area contributed by atoms with Gasteiger partial charge in [0.05, 0.1) is 12.5 Å². The molecule has 1 amide bonds. The molecule has 0 bridgehead atoms. The Labute approximate surface area is 135 Å². The Bertz CT molecular complexity index is 659. The van der Waals surface area contributed by atoms with E-state index < -0.39 is 5.72 Å². The maximum Gasteiger partial charge on any atom is 0.235 e. The summed E-state index contributed by atoms with van der Waals surface area (Å²) in [5, 5.41) is 0. The highest BCUT2D eigenvalue weighted by atomic mass is 16.5. The number of anilines is 1. The van der Waals surface area contributed by atoms with E-state index >= 15 is 0 Å². The van der Waals surface area contributed by atoms with Crippen LogP contribution in [-0.4, -0.2) is 24.0 Å². The topological polar surface area (TPSA) is 46.6 Å². The molecular formula is C19H19NO3. The van der Waals surface area contributed by atoms with Crippen molar-refractivity contribution in [1.82, 2.24) is 0 Å². The minimum atomic E-state index is -1.02. The van der Waals surface area contributed by atoms with Gasteiger partial charge in [-0.3, -0.25) is 14.5 Å². The van der Waals surface area contributed by atoms with Gasteiger partial charge in [0.25, 0.3) is 0 Å². The van der Waals surface area contributed by atoms with E-state index in [1.165, 1.54) is 12.2 Å². The molecule has 3 rings (SSSR count). The van der Waals surface area contributed by atoms with Crippen LogP contribution in [0.5, 0.6) is 0 Å². The molecule has 118 valence electrons. The monoisotopic (exact) mass is 309 g/mol. The summed E-state index contributed by atoms with van der Waals surface area (Å²) < 4.78 is 6.05. The van der Waals surface area contributed by atoms with Crippen molar-refractivity contribution in [2.24, 2.45) is 5.92 Å². The first-order chi connectivity index (χ1) is 11.2.